The van der Waals surface area contributed by atoms with Crippen molar-refractivity contribution >= 4 is 71.2 Å². The maximum absolute atomic E-state index is 2.54. The normalized spacial score (nSPS) is 13.0. The zero-order chi connectivity index (χ0) is 45.2. The van der Waals surface area contributed by atoms with E-state index in [0.29, 0.717) is 0 Å². The summed E-state index contributed by atoms with van der Waals surface area (Å²) in [6.07, 6.45) is 0. The van der Waals surface area contributed by atoms with Crippen LogP contribution in [0.2, 0.25) is 0 Å². The van der Waals surface area contributed by atoms with E-state index in [0.717, 1.165) is 17.1 Å². The standard InChI is InChI=1S/C67H42N2/c1-2-17-45(18-3-1)69-63-31-15-11-26-56(63)59-41-44(35-40-64(59)69)43-33-36-46(37-34-43)68(47-38-39-52-50-21-5-4-19-48(50)49-20-6-7-22-51(49)58(52)42-47)65-32-16-27-57-55-25-10-14-30-62(55)67(66(57)65)60-28-12-8-23-53(60)54-24-9-13-29-61(54)67/h1-42H. The first-order valence-electron chi connectivity index (χ1n) is 24.0. The van der Waals surface area contributed by atoms with Crippen molar-refractivity contribution in [2.75, 3.05) is 4.90 Å². The lowest BCUT2D eigenvalue weighted by Gasteiger charge is -2.36. The number of fused-ring (bicyclic) bond motifs is 19. The SMILES string of the molecule is c1ccc(-n2c3ccccc3c3cc(-c4ccc(N(c5ccc6c7ccccc7c7ccccc7c6c5)c5cccc6c5C5(c7ccccc7-c7ccccc75)c5ccccc5-6)cc4)ccc32)cc1. The first-order chi connectivity index (χ1) is 34.3. The molecule has 0 atom stereocenters. The molecule has 69 heavy (non-hydrogen) atoms. The van der Waals surface area contributed by atoms with E-state index >= 15 is 0 Å². The van der Waals surface area contributed by atoms with Crippen LogP contribution in [0.5, 0.6) is 0 Å². The number of hydrogen-bond donors (Lipinski definition) is 0. The third kappa shape index (κ3) is 5.26. The summed E-state index contributed by atoms with van der Waals surface area (Å²) in [6, 6.07) is 95.0. The van der Waals surface area contributed by atoms with Crippen molar-refractivity contribution in [1.29, 1.82) is 0 Å². The lowest BCUT2D eigenvalue weighted by atomic mass is 9.70. The Balaban J connectivity index is 0.976. The van der Waals surface area contributed by atoms with Crippen LogP contribution in [0.1, 0.15) is 22.3 Å². The van der Waals surface area contributed by atoms with Gasteiger partial charge in [-0.25, -0.2) is 0 Å². The number of hydrogen-bond acceptors (Lipinski definition) is 1. The number of aromatic nitrogens is 1. The van der Waals surface area contributed by atoms with Crippen LogP contribution >= 0.6 is 0 Å². The number of nitrogens with zero attached hydrogens (tertiary/aromatic N) is 2. The molecular weight excluding hydrogens is 833 g/mol. The quantitative estimate of drug-likeness (QED) is 0.156. The smallest absolute Gasteiger partial charge is 0.0746 e. The van der Waals surface area contributed by atoms with Gasteiger partial charge in [0, 0.05) is 33.4 Å². The van der Waals surface area contributed by atoms with E-state index < -0.39 is 5.41 Å². The Bertz CT molecular complexity index is 4150. The van der Waals surface area contributed by atoms with Crippen molar-refractivity contribution in [2.24, 2.45) is 0 Å². The van der Waals surface area contributed by atoms with Gasteiger partial charge in [0.05, 0.1) is 22.1 Å². The summed E-state index contributed by atoms with van der Waals surface area (Å²) in [4.78, 5) is 2.54. The van der Waals surface area contributed by atoms with Gasteiger partial charge in [-0.05, 0) is 143 Å². The van der Waals surface area contributed by atoms with Gasteiger partial charge in [-0.15, -0.1) is 0 Å². The Labute approximate surface area is 400 Å². The average molecular weight is 875 g/mol. The Kier molecular flexibility index (Phi) is 8.02. The Morgan fingerprint density at radius 3 is 1.42 bits per heavy atom. The Morgan fingerprint density at radius 2 is 0.768 bits per heavy atom. The fourth-order valence-electron chi connectivity index (χ4n) is 12.6. The highest BCUT2D eigenvalue weighted by Crippen LogP contribution is 2.65. The summed E-state index contributed by atoms with van der Waals surface area (Å²) in [6.45, 7) is 0. The van der Waals surface area contributed by atoms with E-state index in [4.69, 9.17) is 0 Å². The zero-order valence-corrected chi connectivity index (χ0v) is 37.6. The van der Waals surface area contributed by atoms with Crippen LogP contribution in [0.15, 0.2) is 255 Å². The molecule has 2 heteroatoms. The monoisotopic (exact) mass is 874 g/mol. The largest absolute Gasteiger partial charge is 0.310 e. The molecule has 2 aliphatic rings. The fourth-order valence-corrected chi connectivity index (χ4v) is 12.6. The summed E-state index contributed by atoms with van der Waals surface area (Å²) < 4.78 is 2.38. The molecule has 13 aromatic rings. The molecule has 1 spiro atoms. The van der Waals surface area contributed by atoms with E-state index in [2.05, 4.69) is 264 Å². The van der Waals surface area contributed by atoms with Crippen LogP contribution in [-0.2, 0) is 5.41 Å². The van der Waals surface area contributed by atoms with Crippen molar-refractivity contribution in [3.05, 3.63) is 277 Å². The van der Waals surface area contributed by atoms with Crippen LogP contribution in [0.25, 0.3) is 93.2 Å². The molecule has 1 aromatic heterocycles. The second-order valence-electron chi connectivity index (χ2n) is 18.7. The zero-order valence-electron chi connectivity index (χ0n) is 37.6. The third-order valence-electron chi connectivity index (χ3n) is 15.4. The lowest BCUT2D eigenvalue weighted by Crippen LogP contribution is -2.28. The molecule has 0 radical (unpaired) electrons. The second-order valence-corrected chi connectivity index (χ2v) is 18.7. The van der Waals surface area contributed by atoms with Gasteiger partial charge in [0.15, 0.2) is 0 Å². The predicted octanol–water partition coefficient (Wildman–Crippen LogP) is 17.7. The second kappa shape index (κ2) is 14.5. The molecule has 2 aliphatic carbocycles. The van der Waals surface area contributed by atoms with Gasteiger partial charge < -0.3 is 9.47 Å². The predicted molar refractivity (Wildman–Crippen MR) is 290 cm³/mol. The van der Waals surface area contributed by atoms with E-state index in [1.165, 1.54) is 115 Å². The minimum atomic E-state index is -0.526. The first kappa shape index (κ1) is 38.2. The van der Waals surface area contributed by atoms with Gasteiger partial charge in [-0.2, -0.15) is 0 Å². The molecule has 2 nitrogen and oxygen atoms in total. The van der Waals surface area contributed by atoms with Gasteiger partial charge >= 0.3 is 0 Å². The van der Waals surface area contributed by atoms with Crippen molar-refractivity contribution < 1.29 is 0 Å². The molecule has 0 saturated heterocycles. The van der Waals surface area contributed by atoms with Gasteiger partial charge in [0.1, 0.15) is 0 Å². The molecule has 0 saturated carbocycles. The highest BCUT2D eigenvalue weighted by Gasteiger charge is 2.53. The van der Waals surface area contributed by atoms with Crippen molar-refractivity contribution in [3.63, 3.8) is 0 Å². The third-order valence-corrected chi connectivity index (χ3v) is 15.4. The van der Waals surface area contributed by atoms with Crippen LogP contribution < -0.4 is 4.90 Å². The van der Waals surface area contributed by atoms with Gasteiger partial charge in [0.2, 0.25) is 0 Å². The van der Waals surface area contributed by atoms with Crippen LogP contribution in [0.3, 0.4) is 0 Å². The van der Waals surface area contributed by atoms with Crippen LogP contribution in [0, 0.1) is 0 Å². The summed E-state index contributed by atoms with van der Waals surface area (Å²) in [5.74, 6) is 0. The molecule has 1 heterocycles. The van der Waals surface area contributed by atoms with E-state index in [9.17, 15) is 0 Å². The van der Waals surface area contributed by atoms with Crippen molar-refractivity contribution in [2.45, 2.75) is 5.41 Å². The number of para-hydroxylation sites is 2. The van der Waals surface area contributed by atoms with Gasteiger partial charge in [0.25, 0.3) is 0 Å². The van der Waals surface area contributed by atoms with Crippen LogP contribution in [0.4, 0.5) is 17.1 Å². The number of rotatable bonds is 5. The summed E-state index contributed by atoms with van der Waals surface area (Å²) in [5, 5.41) is 10.1. The fraction of sp³-hybridized carbons (Fsp3) is 0.0149. The molecule has 15 rings (SSSR count). The number of benzene rings is 12. The maximum atomic E-state index is 2.54. The van der Waals surface area contributed by atoms with E-state index in [1.54, 1.807) is 0 Å². The summed E-state index contributed by atoms with van der Waals surface area (Å²) in [7, 11) is 0. The molecular formula is C67H42N2. The average Bonchev–Trinajstić information content (AvgIpc) is 4.03. The maximum Gasteiger partial charge on any atom is 0.0746 e. The number of anilines is 3. The molecule has 12 aromatic carbocycles. The molecule has 0 fully saturated rings. The topological polar surface area (TPSA) is 8.17 Å². The molecule has 0 aliphatic heterocycles. The van der Waals surface area contributed by atoms with Gasteiger partial charge in [-0.1, -0.05) is 194 Å². The highest BCUT2D eigenvalue weighted by molar-refractivity contribution is 6.26. The summed E-state index contributed by atoms with van der Waals surface area (Å²) >= 11 is 0. The molecule has 0 unspecified atom stereocenters. The Morgan fingerprint density at radius 1 is 0.290 bits per heavy atom. The molecule has 0 bridgehead atoms. The molecule has 0 N–H and O–H groups in total. The highest BCUT2D eigenvalue weighted by atomic mass is 15.1. The summed E-state index contributed by atoms with van der Waals surface area (Å²) in [5.41, 5.74) is 19.3. The Hall–Kier alpha value is -8.98. The lowest BCUT2D eigenvalue weighted by molar-refractivity contribution is 0.793. The van der Waals surface area contributed by atoms with Crippen LogP contribution in [-0.4, -0.2) is 4.57 Å². The molecule has 0 amide bonds. The van der Waals surface area contributed by atoms with Crippen molar-refractivity contribution in [1.82, 2.24) is 4.57 Å². The molecule has 320 valence electrons. The first-order valence-corrected chi connectivity index (χ1v) is 24.0. The van der Waals surface area contributed by atoms with E-state index in [1.807, 2.05) is 0 Å². The van der Waals surface area contributed by atoms with E-state index in [-0.39, 0.29) is 0 Å². The minimum absolute atomic E-state index is 0.526. The van der Waals surface area contributed by atoms with Crippen molar-refractivity contribution in [3.8, 4) is 39.1 Å². The van der Waals surface area contributed by atoms with Gasteiger partial charge in [-0.3, -0.25) is 0 Å². The minimum Gasteiger partial charge on any atom is -0.310 e.